The molecular formula is C33H66N4O9. The molecule has 0 saturated carbocycles. The van der Waals surface area contributed by atoms with Gasteiger partial charge in [-0.05, 0) is 38.4 Å². The van der Waals surface area contributed by atoms with Crippen LogP contribution in [0, 0.1) is 10.8 Å². The maximum absolute atomic E-state index is 12.0. The average molecular weight is 663 g/mol. The number of hydrogen-bond donors (Lipinski definition) is 3. The standard InChI is InChI=1S/C33H66N4O9/c1-32(2,3)28-30(39)35-12-9-15-37(7)14-8-11-34-29(38)10-16-41-18-20-43-22-24-45-26-27-46-25-23-44-21-19-42-17-13-36-31(40)33(4,5)6/h8-28H2,1-7H3,(H,34,38)(H,35,39)(H,36,40). The van der Waals surface area contributed by atoms with Crippen molar-refractivity contribution in [3.05, 3.63) is 0 Å². The summed E-state index contributed by atoms with van der Waals surface area (Å²) in [6.45, 7) is 20.9. The van der Waals surface area contributed by atoms with Crippen LogP contribution in [0.5, 0.6) is 0 Å². The Labute approximate surface area is 278 Å². The molecule has 0 saturated heterocycles. The fourth-order valence-electron chi connectivity index (χ4n) is 3.77. The molecule has 0 aromatic heterocycles. The zero-order chi connectivity index (χ0) is 34.5. The van der Waals surface area contributed by atoms with Gasteiger partial charge in [0.1, 0.15) is 0 Å². The van der Waals surface area contributed by atoms with Crippen molar-refractivity contribution < 1.29 is 42.8 Å². The molecule has 0 bridgehead atoms. The van der Waals surface area contributed by atoms with Gasteiger partial charge in [-0.1, -0.05) is 41.5 Å². The molecule has 13 heteroatoms. The van der Waals surface area contributed by atoms with Crippen molar-refractivity contribution in [3.63, 3.8) is 0 Å². The summed E-state index contributed by atoms with van der Waals surface area (Å²) in [6.07, 6.45) is 2.63. The van der Waals surface area contributed by atoms with E-state index in [4.69, 9.17) is 28.4 Å². The largest absolute Gasteiger partial charge is 0.379 e. The van der Waals surface area contributed by atoms with Gasteiger partial charge in [-0.3, -0.25) is 14.4 Å². The van der Waals surface area contributed by atoms with E-state index in [2.05, 4.69) is 48.7 Å². The number of nitrogens with zero attached hydrogens (tertiary/aromatic N) is 1. The van der Waals surface area contributed by atoms with E-state index in [1.165, 1.54) is 0 Å². The lowest BCUT2D eigenvalue weighted by Gasteiger charge is -2.19. The van der Waals surface area contributed by atoms with Gasteiger partial charge >= 0.3 is 0 Å². The van der Waals surface area contributed by atoms with E-state index in [1.807, 2.05) is 20.8 Å². The predicted molar refractivity (Wildman–Crippen MR) is 179 cm³/mol. The molecule has 0 aliphatic rings. The lowest BCUT2D eigenvalue weighted by molar-refractivity contribution is -0.128. The molecule has 0 atom stereocenters. The quantitative estimate of drug-likeness (QED) is 0.0977. The van der Waals surface area contributed by atoms with Crippen LogP contribution >= 0.6 is 0 Å². The highest BCUT2D eigenvalue weighted by atomic mass is 16.6. The maximum atomic E-state index is 12.0. The first-order valence-electron chi connectivity index (χ1n) is 16.8. The minimum Gasteiger partial charge on any atom is -0.379 e. The Bertz CT molecular complexity index is 773. The molecule has 0 aromatic rings. The number of rotatable bonds is 30. The van der Waals surface area contributed by atoms with E-state index in [-0.39, 0.29) is 23.1 Å². The highest BCUT2D eigenvalue weighted by Gasteiger charge is 2.20. The lowest BCUT2D eigenvalue weighted by Crippen LogP contribution is -2.36. The summed E-state index contributed by atoms with van der Waals surface area (Å²) in [6, 6.07) is 0. The van der Waals surface area contributed by atoms with Crippen LogP contribution in [-0.4, -0.2) is 142 Å². The second kappa shape index (κ2) is 28.2. The van der Waals surface area contributed by atoms with Gasteiger partial charge in [-0.15, -0.1) is 0 Å². The number of hydrogen-bond acceptors (Lipinski definition) is 10. The number of nitrogens with one attached hydrogen (secondary N) is 3. The first kappa shape index (κ1) is 44.1. The summed E-state index contributed by atoms with van der Waals surface area (Å²) in [4.78, 5) is 37.8. The smallest absolute Gasteiger partial charge is 0.225 e. The first-order valence-corrected chi connectivity index (χ1v) is 16.8. The number of carbonyl (C=O) groups is 3. The molecule has 0 heterocycles. The van der Waals surface area contributed by atoms with Gasteiger partial charge in [0.15, 0.2) is 0 Å². The Hall–Kier alpha value is -1.87. The molecule has 0 aromatic carbocycles. The Morgan fingerprint density at radius 2 is 0.913 bits per heavy atom. The van der Waals surface area contributed by atoms with Gasteiger partial charge < -0.3 is 49.3 Å². The highest BCUT2D eigenvalue weighted by Crippen LogP contribution is 2.17. The summed E-state index contributed by atoms with van der Waals surface area (Å²) in [5, 5.41) is 8.73. The van der Waals surface area contributed by atoms with Gasteiger partial charge in [0.25, 0.3) is 0 Å². The van der Waals surface area contributed by atoms with E-state index < -0.39 is 5.41 Å². The fourth-order valence-corrected chi connectivity index (χ4v) is 3.77. The molecule has 0 aliphatic heterocycles. The van der Waals surface area contributed by atoms with Crippen LogP contribution in [0.25, 0.3) is 0 Å². The molecule has 0 unspecified atom stereocenters. The van der Waals surface area contributed by atoms with Crippen LogP contribution < -0.4 is 16.0 Å². The molecule has 13 nitrogen and oxygen atoms in total. The average Bonchev–Trinajstić information content (AvgIpc) is 2.96. The summed E-state index contributed by atoms with van der Waals surface area (Å²) in [5.41, 5.74) is -0.386. The van der Waals surface area contributed by atoms with Gasteiger partial charge in [-0.25, -0.2) is 0 Å². The van der Waals surface area contributed by atoms with Crippen molar-refractivity contribution in [2.24, 2.45) is 10.8 Å². The molecule has 0 fully saturated rings. The van der Waals surface area contributed by atoms with E-state index in [1.54, 1.807) is 0 Å². The second-order valence-electron chi connectivity index (χ2n) is 13.4. The minimum atomic E-state index is -0.392. The predicted octanol–water partition coefficient (Wildman–Crippen LogP) is 2.02. The third-order valence-corrected chi connectivity index (χ3v) is 6.32. The van der Waals surface area contributed by atoms with E-state index in [9.17, 15) is 14.4 Å². The molecule has 0 rings (SSSR count). The van der Waals surface area contributed by atoms with Crippen LogP contribution in [0.15, 0.2) is 0 Å². The zero-order valence-electron chi connectivity index (χ0n) is 30.0. The Balaban J connectivity index is 3.33. The van der Waals surface area contributed by atoms with Gasteiger partial charge in [0.05, 0.1) is 79.3 Å². The topological polar surface area (TPSA) is 146 Å². The third-order valence-electron chi connectivity index (χ3n) is 6.32. The normalized spacial score (nSPS) is 12.0. The summed E-state index contributed by atoms with van der Waals surface area (Å²) in [7, 11) is 2.05. The SMILES string of the molecule is CN(CCCNC(=O)CCOCCOCCOCCOCCOCCOCCNC(=O)C(C)(C)C)CCCNC(=O)CC(C)(C)C. The van der Waals surface area contributed by atoms with E-state index in [0.29, 0.717) is 112 Å². The number of carbonyl (C=O) groups excluding carboxylic acids is 3. The molecular weight excluding hydrogens is 596 g/mol. The van der Waals surface area contributed by atoms with Crippen molar-refractivity contribution in [1.29, 1.82) is 0 Å². The minimum absolute atomic E-state index is 0.00618. The van der Waals surface area contributed by atoms with Gasteiger partial charge in [-0.2, -0.15) is 0 Å². The van der Waals surface area contributed by atoms with Crippen LogP contribution in [0.4, 0.5) is 0 Å². The zero-order valence-corrected chi connectivity index (χ0v) is 30.0. The van der Waals surface area contributed by atoms with Crippen molar-refractivity contribution in [2.75, 3.05) is 119 Å². The monoisotopic (exact) mass is 662 g/mol. The summed E-state index contributed by atoms with van der Waals surface area (Å²) in [5.74, 6) is 0.0980. The molecule has 0 aliphatic carbocycles. The highest BCUT2D eigenvalue weighted by molar-refractivity contribution is 5.81. The van der Waals surface area contributed by atoms with Crippen LogP contribution in [0.3, 0.4) is 0 Å². The first-order chi connectivity index (χ1) is 21.8. The molecule has 272 valence electrons. The van der Waals surface area contributed by atoms with Crippen molar-refractivity contribution >= 4 is 17.7 Å². The second-order valence-corrected chi connectivity index (χ2v) is 13.4. The van der Waals surface area contributed by atoms with E-state index >= 15 is 0 Å². The molecule has 0 radical (unpaired) electrons. The van der Waals surface area contributed by atoms with Crippen LogP contribution in [0.1, 0.15) is 67.2 Å². The Morgan fingerprint density at radius 3 is 1.33 bits per heavy atom. The Morgan fingerprint density at radius 1 is 0.522 bits per heavy atom. The molecule has 3 amide bonds. The van der Waals surface area contributed by atoms with E-state index in [0.717, 1.165) is 25.9 Å². The molecule has 46 heavy (non-hydrogen) atoms. The van der Waals surface area contributed by atoms with Crippen molar-refractivity contribution in [1.82, 2.24) is 20.9 Å². The summed E-state index contributed by atoms with van der Waals surface area (Å²) >= 11 is 0. The number of ether oxygens (including phenoxy) is 6. The van der Waals surface area contributed by atoms with Crippen molar-refractivity contribution in [2.45, 2.75) is 67.2 Å². The van der Waals surface area contributed by atoms with Gasteiger partial charge in [0, 0.05) is 37.9 Å². The summed E-state index contributed by atoms with van der Waals surface area (Å²) < 4.78 is 32.7. The molecule has 0 spiro atoms. The van der Waals surface area contributed by atoms with Crippen LogP contribution in [0.2, 0.25) is 0 Å². The van der Waals surface area contributed by atoms with Gasteiger partial charge in [0.2, 0.25) is 17.7 Å². The number of amides is 3. The third kappa shape index (κ3) is 32.1. The fraction of sp³-hybridized carbons (Fsp3) is 0.909. The Kier molecular flexibility index (Phi) is 27.0. The van der Waals surface area contributed by atoms with Crippen LogP contribution in [-0.2, 0) is 42.8 Å². The lowest BCUT2D eigenvalue weighted by atomic mass is 9.92. The molecule has 3 N–H and O–H groups in total. The van der Waals surface area contributed by atoms with Crippen molar-refractivity contribution in [3.8, 4) is 0 Å². The maximum Gasteiger partial charge on any atom is 0.225 e.